The lowest BCUT2D eigenvalue weighted by atomic mass is 10.2. The summed E-state index contributed by atoms with van der Waals surface area (Å²) in [6.45, 7) is 5.19. The van der Waals surface area contributed by atoms with Gasteiger partial charge in [0.15, 0.2) is 0 Å². The van der Waals surface area contributed by atoms with Crippen LogP contribution in [0, 0.1) is 5.92 Å². The van der Waals surface area contributed by atoms with Gasteiger partial charge in [-0.2, -0.15) is 0 Å². The standard InChI is InChI=1S/C9H15NO4/c1-8(2,3)14-6(11)5-4-9(5,10)7(12)13/h5H,4,10H2,1-3H3,(H,12,13)/t5-,9+/m1/s1. The van der Waals surface area contributed by atoms with Crippen LogP contribution in [0.1, 0.15) is 27.2 Å². The van der Waals surface area contributed by atoms with E-state index in [-0.39, 0.29) is 6.42 Å². The second-order valence-electron chi connectivity index (χ2n) is 4.64. The molecule has 0 bridgehead atoms. The van der Waals surface area contributed by atoms with E-state index in [2.05, 4.69) is 0 Å². The average Bonchev–Trinajstić information content (AvgIpc) is 2.60. The average molecular weight is 201 g/mol. The van der Waals surface area contributed by atoms with E-state index >= 15 is 0 Å². The second kappa shape index (κ2) is 2.95. The molecule has 0 spiro atoms. The van der Waals surface area contributed by atoms with Crippen molar-refractivity contribution >= 4 is 11.9 Å². The van der Waals surface area contributed by atoms with E-state index in [9.17, 15) is 9.59 Å². The smallest absolute Gasteiger partial charge is 0.324 e. The van der Waals surface area contributed by atoms with Crippen LogP contribution in [0.2, 0.25) is 0 Å². The molecular formula is C9H15NO4. The van der Waals surface area contributed by atoms with Crippen LogP contribution in [0.4, 0.5) is 0 Å². The molecule has 80 valence electrons. The van der Waals surface area contributed by atoms with Crippen molar-refractivity contribution in [1.29, 1.82) is 0 Å². The number of carboxylic acid groups (broad SMARTS) is 1. The molecule has 0 unspecified atom stereocenters. The van der Waals surface area contributed by atoms with Gasteiger partial charge in [0, 0.05) is 0 Å². The summed E-state index contributed by atoms with van der Waals surface area (Å²) >= 11 is 0. The number of hydrogen-bond donors (Lipinski definition) is 2. The first kappa shape index (κ1) is 11.0. The van der Waals surface area contributed by atoms with E-state index in [1.165, 1.54) is 0 Å². The van der Waals surface area contributed by atoms with Gasteiger partial charge in [-0.3, -0.25) is 9.59 Å². The lowest BCUT2D eigenvalue weighted by Crippen LogP contribution is -2.38. The minimum atomic E-state index is -1.40. The fourth-order valence-electron chi connectivity index (χ4n) is 1.18. The fraction of sp³-hybridized carbons (Fsp3) is 0.778. The minimum Gasteiger partial charge on any atom is -0.480 e. The maximum Gasteiger partial charge on any atom is 0.324 e. The van der Waals surface area contributed by atoms with Crippen molar-refractivity contribution in [2.45, 2.75) is 38.3 Å². The van der Waals surface area contributed by atoms with Crippen LogP contribution >= 0.6 is 0 Å². The van der Waals surface area contributed by atoms with Crippen molar-refractivity contribution in [1.82, 2.24) is 0 Å². The summed E-state index contributed by atoms with van der Waals surface area (Å²) in [7, 11) is 0. The highest BCUT2D eigenvalue weighted by atomic mass is 16.6. The van der Waals surface area contributed by atoms with Crippen LogP contribution in [-0.2, 0) is 14.3 Å². The van der Waals surface area contributed by atoms with Crippen LogP contribution < -0.4 is 5.73 Å². The quantitative estimate of drug-likeness (QED) is 0.620. The van der Waals surface area contributed by atoms with Gasteiger partial charge in [0.25, 0.3) is 0 Å². The molecular weight excluding hydrogens is 186 g/mol. The molecule has 0 heterocycles. The zero-order valence-electron chi connectivity index (χ0n) is 8.53. The number of carbonyl (C=O) groups is 2. The highest BCUT2D eigenvalue weighted by molar-refractivity contribution is 5.93. The van der Waals surface area contributed by atoms with Crippen LogP contribution in [0.25, 0.3) is 0 Å². The number of esters is 1. The topological polar surface area (TPSA) is 89.6 Å². The highest BCUT2D eigenvalue weighted by Gasteiger charge is 2.63. The SMILES string of the molecule is CC(C)(C)OC(=O)[C@H]1C[C@@]1(N)C(=O)O. The number of nitrogens with two attached hydrogens (primary N) is 1. The molecule has 1 saturated carbocycles. The molecule has 1 aliphatic rings. The lowest BCUT2D eigenvalue weighted by molar-refractivity contribution is -0.158. The van der Waals surface area contributed by atoms with Crippen LogP contribution in [-0.4, -0.2) is 28.2 Å². The first-order valence-electron chi connectivity index (χ1n) is 4.42. The number of carboxylic acids is 1. The number of hydrogen-bond acceptors (Lipinski definition) is 4. The maximum atomic E-state index is 11.4. The van der Waals surface area contributed by atoms with Gasteiger partial charge >= 0.3 is 11.9 Å². The Bertz CT molecular complexity index is 281. The number of carbonyl (C=O) groups excluding carboxylic acids is 1. The zero-order valence-corrected chi connectivity index (χ0v) is 8.53. The molecule has 0 amide bonds. The summed E-state index contributed by atoms with van der Waals surface area (Å²) in [5.41, 5.74) is 3.45. The molecule has 3 N–H and O–H groups in total. The Balaban J connectivity index is 2.56. The third kappa shape index (κ3) is 2.04. The molecule has 1 aliphatic carbocycles. The van der Waals surface area contributed by atoms with E-state index in [4.69, 9.17) is 15.6 Å². The Hall–Kier alpha value is -1.10. The van der Waals surface area contributed by atoms with E-state index in [1.807, 2.05) is 0 Å². The molecule has 1 fully saturated rings. The number of ether oxygens (including phenoxy) is 1. The van der Waals surface area contributed by atoms with Gasteiger partial charge < -0.3 is 15.6 Å². The summed E-state index contributed by atoms with van der Waals surface area (Å²) in [5, 5.41) is 8.70. The molecule has 5 heteroatoms. The molecule has 0 aromatic carbocycles. The molecule has 0 aliphatic heterocycles. The van der Waals surface area contributed by atoms with Crippen LogP contribution in [0.15, 0.2) is 0 Å². The van der Waals surface area contributed by atoms with Crippen molar-refractivity contribution in [3.05, 3.63) is 0 Å². The maximum absolute atomic E-state index is 11.4. The van der Waals surface area contributed by atoms with Crippen molar-refractivity contribution in [2.75, 3.05) is 0 Å². The van der Waals surface area contributed by atoms with Gasteiger partial charge in [0.2, 0.25) is 0 Å². The Labute approximate surface area is 82.2 Å². The summed E-state index contributed by atoms with van der Waals surface area (Å²) in [5.74, 6) is -2.37. The molecule has 1 rings (SSSR count). The van der Waals surface area contributed by atoms with Crippen molar-refractivity contribution in [3.63, 3.8) is 0 Å². The van der Waals surface area contributed by atoms with Crippen molar-refractivity contribution in [3.8, 4) is 0 Å². The molecule has 5 nitrogen and oxygen atoms in total. The Kier molecular flexibility index (Phi) is 2.31. The number of rotatable bonds is 2. The van der Waals surface area contributed by atoms with Crippen molar-refractivity contribution in [2.24, 2.45) is 11.7 Å². The Morgan fingerprint density at radius 1 is 1.50 bits per heavy atom. The highest BCUT2D eigenvalue weighted by Crippen LogP contribution is 2.42. The monoisotopic (exact) mass is 201 g/mol. The second-order valence-corrected chi connectivity index (χ2v) is 4.64. The molecule has 0 aromatic rings. The molecule has 14 heavy (non-hydrogen) atoms. The van der Waals surface area contributed by atoms with Gasteiger partial charge in [0.1, 0.15) is 11.1 Å². The fourth-order valence-corrected chi connectivity index (χ4v) is 1.18. The first-order chi connectivity index (χ1) is 6.17. The van der Waals surface area contributed by atoms with Gasteiger partial charge in [-0.15, -0.1) is 0 Å². The largest absolute Gasteiger partial charge is 0.480 e. The normalized spacial score (nSPS) is 31.0. The van der Waals surface area contributed by atoms with Gasteiger partial charge in [-0.05, 0) is 27.2 Å². The predicted molar refractivity (Wildman–Crippen MR) is 48.5 cm³/mol. The van der Waals surface area contributed by atoms with E-state index < -0.39 is 29.0 Å². The molecule has 0 aromatic heterocycles. The first-order valence-corrected chi connectivity index (χ1v) is 4.42. The summed E-state index contributed by atoms with van der Waals surface area (Å²) < 4.78 is 5.02. The van der Waals surface area contributed by atoms with E-state index in [1.54, 1.807) is 20.8 Å². The van der Waals surface area contributed by atoms with E-state index in [0.717, 1.165) is 0 Å². The Morgan fingerprint density at radius 2 is 2.00 bits per heavy atom. The van der Waals surface area contributed by atoms with Crippen LogP contribution in [0.3, 0.4) is 0 Å². The summed E-state index contributed by atoms with van der Waals surface area (Å²) in [4.78, 5) is 22.0. The minimum absolute atomic E-state index is 0.164. The third-order valence-corrected chi connectivity index (χ3v) is 2.09. The molecule has 0 saturated heterocycles. The van der Waals surface area contributed by atoms with Crippen LogP contribution in [0.5, 0.6) is 0 Å². The van der Waals surface area contributed by atoms with E-state index in [0.29, 0.717) is 0 Å². The van der Waals surface area contributed by atoms with Gasteiger partial charge in [-0.25, -0.2) is 0 Å². The van der Waals surface area contributed by atoms with Gasteiger partial charge in [0.05, 0.1) is 5.92 Å². The van der Waals surface area contributed by atoms with Gasteiger partial charge in [-0.1, -0.05) is 0 Å². The predicted octanol–water partition coefficient (Wildman–Crippen LogP) is 0.130. The molecule has 2 atom stereocenters. The summed E-state index contributed by atoms with van der Waals surface area (Å²) in [6, 6.07) is 0. The third-order valence-electron chi connectivity index (χ3n) is 2.09. The van der Waals surface area contributed by atoms with Crippen molar-refractivity contribution < 1.29 is 19.4 Å². The Morgan fingerprint density at radius 3 is 2.29 bits per heavy atom. The zero-order chi connectivity index (χ0) is 11.1. The summed E-state index contributed by atoms with van der Waals surface area (Å²) in [6.07, 6.45) is 0.164. The molecule has 0 radical (unpaired) electrons. The number of aliphatic carboxylic acids is 1. The lowest BCUT2D eigenvalue weighted by Gasteiger charge is -2.19.